The van der Waals surface area contributed by atoms with Crippen LogP contribution in [0.3, 0.4) is 0 Å². The fraction of sp³-hybridized carbons (Fsp3) is 0.877. The number of hydrogen-bond donors (Lipinski definition) is 3. The van der Waals surface area contributed by atoms with E-state index in [1.54, 1.807) is 6.08 Å². The third kappa shape index (κ3) is 72.8. The van der Waals surface area contributed by atoms with Gasteiger partial charge in [0, 0.05) is 12.8 Å². The minimum Gasteiger partial charge on any atom is -0.466 e. The van der Waals surface area contributed by atoms with Gasteiger partial charge in [0.15, 0.2) is 0 Å². The van der Waals surface area contributed by atoms with Crippen LogP contribution in [0.4, 0.5) is 0 Å². The number of carbonyl (C=O) groups is 2. The largest absolute Gasteiger partial charge is 0.466 e. The minimum absolute atomic E-state index is 0.00686. The van der Waals surface area contributed by atoms with Gasteiger partial charge in [-0.05, 0) is 89.9 Å². The molecule has 0 aliphatic carbocycles. The van der Waals surface area contributed by atoms with Crippen LogP contribution >= 0.6 is 0 Å². The monoisotopic (exact) mass is 1220 g/mol. The van der Waals surface area contributed by atoms with Crippen LogP contribution in [0.25, 0.3) is 0 Å². The van der Waals surface area contributed by atoms with Gasteiger partial charge in [-0.25, -0.2) is 0 Å². The zero-order valence-electron chi connectivity index (χ0n) is 58.8. The average Bonchev–Trinajstić information content (AvgIpc) is 3.53. The maximum atomic E-state index is 12.5. The van der Waals surface area contributed by atoms with E-state index in [4.69, 9.17) is 4.74 Å². The summed E-state index contributed by atoms with van der Waals surface area (Å²) >= 11 is 0. The number of aliphatic hydroxyl groups is 2. The predicted molar refractivity (Wildman–Crippen MR) is 384 cm³/mol. The Bertz CT molecular complexity index is 1450. The zero-order chi connectivity index (χ0) is 62.8. The molecule has 0 heterocycles. The topological polar surface area (TPSA) is 95.9 Å². The lowest BCUT2D eigenvalue weighted by molar-refractivity contribution is -0.143. The number of allylic oxidation sites excluding steroid dienone is 7. The van der Waals surface area contributed by atoms with E-state index in [1.165, 1.54) is 353 Å². The van der Waals surface area contributed by atoms with E-state index < -0.39 is 12.1 Å². The molecule has 0 bridgehead atoms. The molecule has 0 radical (unpaired) electrons. The van der Waals surface area contributed by atoms with Gasteiger partial charge in [-0.2, -0.15) is 0 Å². The van der Waals surface area contributed by atoms with Crippen molar-refractivity contribution in [1.29, 1.82) is 0 Å². The second kappa shape index (κ2) is 76.3. The van der Waals surface area contributed by atoms with Gasteiger partial charge < -0.3 is 20.3 Å². The quantitative estimate of drug-likeness (QED) is 0.0320. The lowest BCUT2D eigenvalue weighted by Crippen LogP contribution is -2.45. The molecule has 3 N–H and O–H groups in total. The summed E-state index contributed by atoms with van der Waals surface area (Å²) in [5.74, 6) is -0.0539. The Morgan fingerprint density at radius 2 is 0.575 bits per heavy atom. The van der Waals surface area contributed by atoms with Crippen LogP contribution in [0.1, 0.15) is 431 Å². The molecule has 0 aliphatic heterocycles. The lowest BCUT2D eigenvalue weighted by atomic mass is 10.0. The normalized spacial score (nSPS) is 12.7. The van der Waals surface area contributed by atoms with Crippen LogP contribution in [-0.4, -0.2) is 47.4 Å². The Morgan fingerprint density at radius 1 is 0.322 bits per heavy atom. The molecule has 0 saturated carbocycles. The summed E-state index contributed by atoms with van der Waals surface area (Å²) < 4.78 is 5.50. The molecule has 0 aromatic carbocycles. The Labute approximate surface area is 544 Å². The number of carbonyl (C=O) groups excluding carboxylic acids is 2. The molecule has 2 atom stereocenters. The van der Waals surface area contributed by atoms with Crippen molar-refractivity contribution < 1.29 is 24.5 Å². The third-order valence-electron chi connectivity index (χ3n) is 18.3. The van der Waals surface area contributed by atoms with E-state index >= 15 is 0 Å². The maximum absolute atomic E-state index is 12.5. The van der Waals surface area contributed by atoms with Gasteiger partial charge in [0.25, 0.3) is 0 Å². The van der Waals surface area contributed by atoms with Crippen molar-refractivity contribution in [3.8, 4) is 0 Å². The number of nitrogens with one attached hydrogen (secondary N) is 1. The molecule has 1 amide bonds. The predicted octanol–water partition coefficient (Wildman–Crippen LogP) is 26.0. The fourth-order valence-electron chi connectivity index (χ4n) is 12.3. The lowest BCUT2D eigenvalue weighted by Gasteiger charge is -2.20. The third-order valence-corrected chi connectivity index (χ3v) is 18.3. The SMILES string of the molecule is CCCCCC/C=C\C/C=C\CCCCCCCC(=O)OCCCCCCCCCCCCCCCC/C=C\CCCCCCCCCCCCCCCCCCCC(=O)NC(CO)C(O)/C=C/CCCCCCCCCCCCCCCCCCC. The number of amides is 1. The standard InChI is InChI=1S/C81H153NO5/c1-3-5-7-9-11-13-15-17-19-21-39-42-45-49-53-57-61-65-69-73-79(84)78(77-83)82-80(85)74-70-66-62-58-54-50-46-43-40-37-35-33-31-29-27-25-23-22-24-26-28-30-32-34-36-38-41-44-48-52-56-60-64-68-72-76-87-81(86)75-71-67-63-59-55-51-47-20-18-16-14-12-10-8-6-4-2/h14,16,20,24,26,47,69,73,78-79,83-84H,3-13,15,17-19,21-23,25,27-46,48-68,70-72,74-77H2,1-2H3,(H,82,85)/b16-14-,26-24-,47-20-,73-69+. The van der Waals surface area contributed by atoms with Gasteiger partial charge in [0.05, 0.1) is 25.4 Å². The van der Waals surface area contributed by atoms with Gasteiger partial charge in [-0.3, -0.25) is 9.59 Å². The molecule has 0 aromatic rings. The zero-order valence-corrected chi connectivity index (χ0v) is 58.8. The van der Waals surface area contributed by atoms with E-state index in [2.05, 4.69) is 55.6 Å². The van der Waals surface area contributed by atoms with Crippen LogP contribution < -0.4 is 5.32 Å². The molecular weight excluding hydrogens is 1070 g/mol. The average molecular weight is 1220 g/mol. The van der Waals surface area contributed by atoms with Crippen LogP contribution in [0, 0.1) is 0 Å². The van der Waals surface area contributed by atoms with Crippen molar-refractivity contribution in [3.63, 3.8) is 0 Å². The summed E-state index contributed by atoms with van der Waals surface area (Å²) in [6.07, 6.45) is 101. The Morgan fingerprint density at radius 3 is 0.897 bits per heavy atom. The molecule has 0 spiro atoms. The number of esters is 1. The van der Waals surface area contributed by atoms with Gasteiger partial charge in [0.2, 0.25) is 5.91 Å². The summed E-state index contributed by atoms with van der Waals surface area (Å²) in [5, 5.41) is 23.3. The number of rotatable bonds is 74. The molecular formula is C81H153NO5. The number of hydrogen-bond acceptors (Lipinski definition) is 5. The van der Waals surface area contributed by atoms with Crippen molar-refractivity contribution in [1.82, 2.24) is 5.32 Å². The van der Waals surface area contributed by atoms with Crippen molar-refractivity contribution >= 4 is 11.9 Å². The molecule has 0 saturated heterocycles. The first-order valence-electron chi connectivity index (χ1n) is 39.4. The summed E-state index contributed by atoms with van der Waals surface area (Å²) in [6.45, 7) is 4.92. The van der Waals surface area contributed by atoms with Crippen LogP contribution in [0.5, 0.6) is 0 Å². The van der Waals surface area contributed by atoms with Crippen molar-refractivity contribution in [2.45, 2.75) is 443 Å². The number of unbranched alkanes of at least 4 members (excludes halogenated alkanes) is 57. The Kier molecular flexibility index (Phi) is 74.4. The summed E-state index contributed by atoms with van der Waals surface area (Å²) in [4.78, 5) is 24.6. The highest BCUT2D eigenvalue weighted by atomic mass is 16.5. The molecule has 512 valence electrons. The summed E-state index contributed by atoms with van der Waals surface area (Å²) in [5.41, 5.74) is 0. The number of ether oxygens (including phenoxy) is 1. The molecule has 87 heavy (non-hydrogen) atoms. The van der Waals surface area contributed by atoms with Gasteiger partial charge in [0.1, 0.15) is 0 Å². The van der Waals surface area contributed by atoms with E-state index in [0.29, 0.717) is 19.4 Å². The summed E-state index contributed by atoms with van der Waals surface area (Å²) in [7, 11) is 0. The first-order valence-corrected chi connectivity index (χ1v) is 39.4. The second-order valence-electron chi connectivity index (χ2n) is 27.0. The summed E-state index contributed by atoms with van der Waals surface area (Å²) in [6, 6.07) is -0.626. The first kappa shape index (κ1) is 84.8. The van der Waals surface area contributed by atoms with E-state index in [0.717, 1.165) is 51.4 Å². The van der Waals surface area contributed by atoms with Crippen LogP contribution in [0.15, 0.2) is 48.6 Å². The number of aliphatic hydroxyl groups excluding tert-OH is 2. The molecule has 0 aliphatic rings. The first-order chi connectivity index (χ1) is 43.0. The highest BCUT2D eigenvalue weighted by Gasteiger charge is 2.18. The van der Waals surface area contributed by atoms with E-state index in [1.807, 2.05) is 6.08 Å². The molecule has 6 heteroatoms. The highest BCUT2D eigenvalue weighted by molar-refractivity contribution is 5.76. The van der Waals surface area contributed by atoms with Crippen LogP contribution in [-0.2, 0) is 14.3 Å². The Hall–Kier alpha value is -2.18. The van der Waals surface area contributed by atoms with Crippen molar-refractivity contribution in [3.05, 3.63) is 48.6 Å². The van der Waals surface area contributed by atoms with Crippen LogP contribution in [0.2, 0.25) is 0 Å². The highest BCUT2D eigenvalue weighted by Crippen LogP contribution is 2.19. The van der Waals surface area contributed by atoms with Crippen molar-refractivity contribution in [2.24, 2.45) is 0 Å². The smallest absolute Gasteiger partial charge is 0.305 e. The molecule has 6 nitrogen and oxygen atoms in total. The maximum Gasteiger partial charge on any atom is 0.305 e. The van der Waals surface area contributed by atoms with Crippen molar-refractivity contribution in [2.75, 3.05) is 13.2 Å². The van der Waals surface area contributed by atoms with E-state index in [9.17, 15) is 19.8 Å². The minimum atomic E-state index is -0.843. The fourth-order valence-corrected chi connectivity index (χ4v) is 12.3. The molecule has 0 rings (SSSR count). The van der Waals surface area contributed by atoms with E-state index in [-0.39, 0.29) is 18.5 Å². The molecule has 2 unspecified atom stereocenters. The molecule has 0 aromatic heterocycles. The molecule has 0 fully saturated rings. The van der Waals surface area contributed by atoms with Gasteiger partial charge in [-0.1, -0.05) is 377 Å². The second-order valence-corrected chi connectivity index (χ2v) is 27.0. The van der Waals surface area contributed by atoms with Gasteiger partial charge in [-0.15, -0.1) is 0 Å². The van der Waals surface area contributed by atoms with Gasteiger partial charge >= 0.3 is 5.97 Å². The Balaban J connectivity index is 3.36.